The monoisotopic (exact) mass is 234 g/mol. The lowest BCUT2D eigenvalue weighted by atomic mass is 10.3. The zero-order valence-electron chi connectivity index (χ0n) is 7.57. The van der Waals surface area contributed by atoms with Crippen molar-refractivity contribution in [3.05, 3.63) is 32.1 Å². The van der Waals surface area contributed by atoms with Gasteiger partial charge in [-0.2, -0.15) is 0 Å². The highest BCUT2D eigenvalue weighted by Gasteiger charge is 2.17. The molecular weight excluding hydrogens is 226 g/mol. The third-order valence-corrected chi connectivity index (χ3v) is 2.00. The number of carbonyl (C=O) groups is 1. The molecule has 0 saturated carbocycles. The second kappa shape index (κ2) is 4.28. The van der Waals surface area contributed by atoms with Crippen molar-refractivity contribution in [2.45, 2.75) is 12.6 Å². The van der Waals surface area contributed by atoms with Crippen molar-refractivity contribution >= 4 is 17.6 Å². The summed E-state index contributed by atoms with van der Waals surface area (Å²) in [4.78, 5) is 34.5. The average molecular weight is 235 g/mol. The molecule has 7 nitrogen and oxygen atoms in total. The molecule has 0 saturated heterocycles. The van der Waals surface area contributed by atoms with Crippen LogP contribution in [0.4, 0.5) is 0 Å². The van der Waals surface area contributed by atoms with Crippen LogP contribution in [0.15, 0.2) is 15.8 Å². The first kappa shape index (κ1) is 11.5. The Hall–Kier alpha value is -1.60. The maximum atomic E-state index is 11.2. The van der Waals surface area contributed by atoms with Crippen molar-refractivity contribution in [2.24, 2.45) is 0 Å². The van der Waals surface area contributed by atoms with Crippen molar-refractivity contribution in [1.29, 1.82) is 0 Å². The molecule has 1 aromatic heterocycles. The number of aliphatic carboxylic acids is 1. The molecule has 0 aliphatic rings. The number of halogens is 1. The highest BCUT2D eigenvalue weighted by Crippen LogP contribution is 1.96. The molecule has 0 bridgehead atoms. The molecule has 1 aromatic rings. The molecule has 1 rings (SSSR count). The number of nitrogens with one attached hydrogen (secondary N) is 1. The topological polar surface area (TPSA) is 120 Å². The number of rotatable bonds is 3. The van der Waals surface area contributed by atoms with E-state index >= 15 is 0 Å². The van der Waals surface area contributed by atoms with E-state index < -0.39 is 23.3 Å². The van der Waals surface area contributed by atoms with E-state index in [0.29, 0.717) is 0 Å². The molecule has 82 valence electrons. The Balaban J connectivity index is 3.06. The molecule has 0 unspecified atom stereocenters. The Kier molecular flexibility index (Phi) is 3.28. The van der Waals surface area contributed by atoms with Crippen LogP contribution in [-0.4, -0.2) is 26.7 Å². The van der Waals surface area contributed by atoms with Crippen molar-refractivity contribution < 1.29 is 15.6 Å². The summed E-state index contributed by atoms with van der Waals surface area (Å²) >= 11 is 5.48. The van der Waals surface area contributed by atoms with E-state index in [9.17, 15) is 14.4 Å². The Morgan fingerprint density at radius 3 is 2.80 bits per heavy atom. The number of quaternary nitrogens is 1. The van der Waals surface area contributed by atoms with Crippen LogP contribution in [0.3, 0.4) is 0 Å². The van der Waals surface area contributed by atoms with E-state index in [2.05, 4.69) is 5.73 Å². The van der Waals surface area contributed by atoms with Gasteiger partial charge < -0.3 is 10.8 Å². The van der Waals surface area contributed by atoms with Gasteiger partial charge >= 0.3 is 11.7 Å². The third-order valence-electron chi connectivity index (χ3n) is 1.73. The second-order valence-corrected chi connectivity index (χ2v) is 3.33. The fraction of sp³-hybridized carbons (Fsp3) is 0.286. The first-order valence-corrected chi connectivity index (χ1v) is 4.34. The molecule has 5 N–H and O–H groups in total. The summed E-state index contributed by atoms with van der Waals surface area (Å²) in [6, 6.07) is -0.982. The standard InChI is InChI=1S/C7H8ClN3O4/c8-3-1-11(2-4(9)6(13)14)7(15)10-5(3)12/h1,4H,2,9H2,(H,13,14)(H,10,12,15)/p+1/t4-/m0/s1. The molecule has 0 aliphatic carbocycles. The minimum atomic E-state index is -1.13. The number of aromatic amines is 1. The Bertz CT molecular complexity index is 492. The van der Waals surface area contributed by atoms with Crippen LogP contribution in [0.1, 0.15) is 0 Å². The highest BCUT2D eigenvalue weighted by molar-refractivity contribution is 6.30. The largest absolute Gasteiger partial charge is 0.477 e. The summed E-state index contributed by atoms with van der Waals surface area (Å²) in [6.07, 6.45) is 1.09. The summed E-state index contributed by atoms with van der Waals surface area (Å²) < 4.78 is 0.996. The smallest absolute Gasteiger partial charge is 0.364 e. The Labute approximate surface area is 88.1 Å². The fourth-order valence-corrected chi connectivity index (χ4v) is 1.10. The molecule has 0 fully saturated rings. The first-order chi connectivity index (χ1) is 6.91. The van der Waals surface area contributed by atoms with Gasteiger partial charge in [-0.05, 0) is 0 Å². The molecule has 0 spiro atoms. The molecule has 0 aliphatic heterocycles. The van der Waals surface area contributed by atoms with Crippen molar-refractivity contribution in [3.63, 3.8) is 0 Å². The molecule has 0 radical (unpaired) electrons. The number of hydrogen-bond acceptors (Lipinski definition) is 3. The quantitative estimate of drug-likeness (QED) is 0.554. The molecule has 1 atom stereocenters. The van der Waals surface area contributed by atoms with Gasteiger partial charge in [0.1, 0.15) is 5.02 Å². The van der Waals surface area contributed by atoms with Crippen LogP contribution in [-0.2, 0) is 11.3 Å². The lowest BCUT2D eigenvalue weighted by molar-refractivity contribution is -0.410. The molecule has 0 aromatic carbocycles. The maximum absolute atomic E-state index is 11.2. The molecular formula is C7H9ClN3O4+. The van der Waals surface area contributed by atoms with Gasteiger partial charge in [0.2, 0.25) is 6.04 Å². The number of hydrogen-bond donors (Lipinski definition) is 3. The summed E-state index contributed by atoms with van der Waals surface area (Å²) in [5.74, 6) is -1.13. The Morgan fingerprint density at radius 1 is 1.67 bits per heavy atom. The van der Waals surface area contributed by atoms with Gasteiger partial charge in [-0.3, -0.25) is 14.3 Å². The van der Waals surface area contributed by atoms with Gasteiger partial charge in [-0.15, -0.1) is 0 Å². The van der Waals surface area contributed by atoms with Crippen LogP contribution in [0.25, 0.3) is 0 Å². The summed E-state index contributed by atoms with van der Waals surface area (Å²) in [6.45, 7) is -0.148. The normalized spacial score (nSPS) is 12.4. The zero-order valence-corrected chi connectivity index (χ0v) is 8.32. The van der Waals surface area contributed by atoms with Crippen LogP contribution >= 0.6 is 11.6 Å². The van der Waals surface area contributed by atoms with Gasteiger partial charge in [0.25, 0.3) is 5.56 Å². The summed E-state index contributed by atoms with van der Waals surface area (Å²) in [5, 5.41) is 8.40. The molecule has 0 amide bonds. The number of carboxylic acids is 1. The third kappa shape index (κ3) is 2.67. The summed E-state index contributed by atoms with van der Waals surface area (Å²) in [7, 11) is 0. The summed E-state index contributed by atoms with van der Waals surface area (Å²) in [5.41, 5.74) is 1.92. The highest BCUT2D eigenvalue weighted by atomic mass is 35.5. The fourth-order valence-electron chi connectivity index (χ4n) is 0.934. The molecule has 1 heterocycles. The van der Waals surface area contributed by atoms with Crippen LogP contribution in [0, 0.1) is 0 Å². The number of carboxylic acid groups (broad SMARTS) is 1. The van der Waals surface area contributed by atoms with E-state index in [1.807, 2.05) is 4.98 Å². The predicted molar refractivity (Wildman–Crippen MR) is 50.6 cm³/mol. The average Bonchev–Trinajstić information content (AvgIpc) is 2.13. The maximum Gasteiger partial charge on any atom is 0.364 e. The minimum Gasteiger partial charge on any atom is -0.477 e. The second-order valence-electron chi connectivity index (χ2n) is 2.92. The van der Waals surface area contributed by atoms with E-state index in [1.54, 1.807) is 0 Å². The van der Waals surface area contributed by atoms with E-state index in [0.717, 1.165) is 10.8 Å². The minimum absolute atomic E-state index is 0.148. The Morgan fingerprint density at radius 2 is 2.27 bits per heavy atom. The van der Waals surface area contributed by atoms with E-state index in [1.165, 1.54) is 0 Å². The van der Waals surface area contributed by atoms with Crippen LogP contribution < -0.4 is 17.0 Å². The SMILES string of the molecule is [NH3+][C@@H](Cn1cc(Cl)c(=O)[nH]c1=O)C(=O)O. The van der Waals surface area contributed by atoms with Crippen LogP contribution in [0.2, 0.25) is 5.02 Å². The van der Waals surface area contributed by atoms with Gasteiger partial charge in [-0.25, -0.2) is 9.59 Å². The number of nitrogens with zero attached hydrogens (tertiary/aromatic N) is 1. The van der Waals surface area contributed by atoms with Crippen molar-refractivity contribution in [2.75, 3.05) is 0 Å². The first-order valence-electron chi connectivity index (χ1n) is 3.97. The lowest BCUT2D eigenvalue weighted by Gasteiger charge is -2.06. The van der Waals surface area contributed by atoms with E-state index in [4.69, 9.17) is 16.7 Å². The number of aromatic nitrogens is 2. The van der Waals surface area contributed by atoms with Crippen molar-refractivity contribution in [1.82, 2.24) is 9.55 Å². The van der Waals surface area contributed by atoms with Gasteiger partial charge in [-0.1, -0.05) is 11.6 Å². The molecule has 15 heavy (non-hydrogen) atoms. The van der Waals surface area contributed by atoms with Crippen molar-refractivity contribution in [3.8, 4) is 0 Å². The van der Waals surface area contributed by atoms with Gasteiger partial charge in [0.05, 0.1) is 6.54 Å². The number of H-pyrrole nitrogens is 1. The zero-order chi connectivity index (χ0) is 11.6. The molecule has 8 heteroatoms. The van der Waals surface area contributed by atoms with E-state index in [-0.39, 0.29) is 11.6 Å². The lowest BCUT2D eigenvalue weighted by Crippen LogP contribution is -2.67. The van der Waals surface area contributed by atoms with Gasteiger partial charge in [0, 0.05) is 6.20 Å². The van der Waals surface area contributed by atoms with Gasteiger partial charge in [0.15, 0.2) is 0 Å². The predicted octanol–water partition coefficient (Wildman–Crippen LogP) is -2.11. The van der Waals surface area contributed by atoms with Crippen LogP contribution in [0.5, 0.6) is 0 Å².